The van der Waals surface area contributed by atoms with Crippen LogP contribution in [0.1, 0.15) is 50.4 Å². The summed E-state index contributed by atoms with van der Waals surface area (Å²) in [6.07, 6.45) is 3.48. The number of rotatable bonds is 3. The number of nitrogens with zero attached hydrogens (tertiary/aromatic N) is 1. The molecule has 1 aliphatic heterocycles. The van der Waals surface area contributed by atoms with Gasteiger partial charge in [-0.1, -0.05) is 42.8 Å². The van der Waals surface area contributed by atoms with Gasteiger partial charge in [-0.05, 0) is 37.5 Å². The maximum Gasteiger partial charge on any atom is 0.254 e. The zero-order valence-electron chi connectivity index (χ0n) is 13.1. The Bertz CT molecular complexity index is 498. The van der Waals surface area contributed by atoms with Crippen LogP contribution >= 0.6 is 27.7 Å². The van der Waals surface area contributed by atoms with E-state index in [9.17, 15) is 4.79 Å². The zero-order valence-corrected chi connectivity index (χ0v) is 15.5. The van der Waals surface area contributed by atoms with Gasteiger partial charge in [-0.15, -0.1) is 0 Å². The van der Waals surface area contributed by atoms with Gasteiger partial charge in [0.2, 0.25) is 0 Å². The molecule has 0 unspecified atom stereocenters. The fourth-order valence-corrected chi connectivity index (χ4v) is 4.01. The second-order valence-corrected chi connectivity index (χ2v) is 9.34. The van der Waals surface area contributed by atoms with E-state index in [2.05, 4.69) is 41.6 Å². The number of benzene rings is 1. The molecule has 1 aromatic carbocycles. The summed E-state index contributed by atoms with van der Waals surface area (Å²) < 4.78 is 1.22. The van der Waals surface area contributed by atoms with E-state index in [1.807, 2.05) is 36.0 Å². The van der Waals surface area contributed by atoms with Crippen LogP contribution in [0, 0.1) is 0 Å². The molecule has 2 nitrogen and oxygen atoms in total. The van der Waals surface area contributed by atoms with Crippen LogP contribution in [0.3, 0.4) is 0 Å². The molecule has 2 rings (SSSR count). The molecule has 0 aliphatic carbocycles. The normalized spacial score (nSPS) is 19.6. The van der Waals surface area contributed by atoms with Crippen molar-refractivity contribution in [3.63, 3.8) is 0 Å². The second kappa shape index (κ2) is 7.19. The van der Waals surface area contributed by atoms with Crippen LogP contribution in [0.2, 0.25) is 0 Å². The Morgan fingerprint density at radius 2 is 2.14 bits per heavy atom. The van der Waals surface area contributed by atoms with Crippen molar-refractivity contribution in [3.05, 3.63) is 34.3 Å². The van der Waals surface area contributed by atoms with E-state index in [0.717, 1.165) is 35.2 Å². The zero-order chi connectivity index (χ0) is 15.5. The number of thioether (sulfide) groups is 1. The lowest BCUT2D eigenvalue weighted by Gasteiger charge is -2.37. The molecular weight excluding hydrogens is 346 g/mol. The van der Waals surface area contributed by atoms with Crippen LogP contribution in [-0.2, 0) is 0 Å². The predicted molar refractivity (Wildman–Crippen MR) is 95.0 cm³/mol. The van der Waals surface area contributed by atoms with Crippen LogP contribution in [0.4, 0.5) is 0 Å². The number of amides is 1. The number of piperidine rings is 1. The van der Waals surface area contributed by atoms with Crippen LogP contribution in [-0.4, -0.2) is 33.9 Å². The third-order valence-electron chi connectivity index (χ3n) is 3.67. The van der Waals surface area contributed by atoms with E-state index in [1.165, 1.54) is 6.42 Å². The summed E-state index contributed by atoms with van der Waals surface area (Å²) in [6, 6.07) is 8.09. The number of likely N-dealkylation sites (tertiary alicyclic amines) is 1. The van der Waals surface area contributed by atoms with Gasteiger partial charge in [0, 0.05) is 33.1 Å². The van der Waals surface area contributed by atoms with Gasteiger partial charge >= 0.3 is 0 Å². The number of hydrogen-bond acceptors (Lipinski definition) is 2. The summed E-state index contributed by atoms with van der Waals surface area (Å²) in [4.78, 5) is 14.9. The molecule has 0 radical (unpaired) electrons. The first-order valence-corrected chi connectivity index (χ1v) is 9.35. The van der Waals surface area contributed by atoms with Crippen molar-refractivity contribution in [1.29, 1.82) is 0 Å². The molecular formula is C17H24BrNOS. The molecule has 21 heavy (non-hydrogen) atoms. The predicted octanol–water partition coefficient (Wildman–Crippen LogP) is 4.98. The highest BCUT2D eigenvalue weighted by atomic mass is 79.9. The minimum Gasteiger partial charge on any atom is -0.335 e. The average molecular weight is 370 g/mol. The molecule has 116 valence electrons. The minimum absolute atomic E-state index is 0.176. The first-order chi connectivity index (χ1) is 9.87. The molecule has 0 N–H and O–H groups in total. The number of carbonyl (C=O) groups excluding carboxylic acids is 1. The molecule has 0 spiro atoms. The number of hydrogen-bond donors (Lipinski definition) is 0. The molecule has 0 bridgehead atoms. The Balaban J connectivity index is 2.09. The SMILES string of the molecule is CC(C)(C)SC[C@@H]1CCCCN1C(=O)c1cccc(Br)c1. The number of halogens is 1. The third-order valence-corrected chi connectivity index (χ3v) is 5.58. The van der Waals surface area contributed by atoms with Gasteiger partial charge in [-0.2, -0.15) is 11.8 Å². The highest BCUT2D eigenvalue weighted by molar-refractivity contribution is 9.10. The van der Waals surface area contributed by atoms with Gasteiger partial charge in [-0.25, -0.2) is 0 Å². The van der Waals surface area contributed by atoms with E-state index in [4.69, 9.17) is 0 Å². The van der Waals surface area contributed by atoms with Crippen LogP contribution < -0.4 is 0 Å². The van der Waals surface area contributed by atoms with E-state index in [0.29, 0.717) is 6.04 Å². The smallest absolute Gasteiger partial charge is 0.254 e. The van der Waals surface area contributed by atoms with Gasteiger partial charge in [-0.3, -0.25) is 4.79 Å². The monoisotopic (exact) mass is 369 g/mol. The standard InChI is InChI=1S/C17H24BrNOS/c1-17(2,3)21-12-15-9-4-5-10-19(15)16(20)13-7-6-8-14(18)11-13/h6-8,11,15H,4-5,9-10,12H2,1-3H3/t15-/m0/s1. The Labute approximate surface area is 140 Å². The molecule has 1 saturated heterocycles. The lowest BCUT2D eigenvalue weighted by atomic mass is 10.0. The van der Waals surface area contributed by atoms with Gasteiger partial charge < -0.3 is 4.90 Å². The van der Waals surface area contributed by atoms with E-state index < -0.39 is 0 Å². The average Bonchev–Trinajstić information content (AvgIpc) is 2.44. The van der Waals surface area contributed by atoms with Crippen molar-refractivity contribution in [2.45, 2.75) is 50.8 Å². The van der Waals surface area contributed by atoms with E-state index >= 15 is 0 Å². The highest BCUT2D eigenvalue weighted by Crippen LogP contribution is 2.29. The molecule has 0 aromatic heterocycles. The summed E-state index contributed by atoms with van der Waals surface area (Å²) in [6.45, 7) is 7.60. The Hall–Kier alpha value is -0.480. The summed E-state index contributed by atoms with van der Waals surface area (Å²) in [5, 5.41) is 0. The summed E-state index contributed by atoms with van der Waals surface area (Å²) in [7, 11) is 0. The van der Waals surface area contributed by atoms with E-state index in [1.54, 1.807) is 0 Å². The summed E-state index contributed by atoms with van der Waals surface area (Å²) in [5.41, 5.74) is 0.789. The second-order valence-electron chi connectivity index (χ2n) is 6.58. The Kier molecular flexibility index (Phi) is 5.78. The largest absolute Gasteiger partial charge is 0.335 e. The topological polar surface area (TPSA) is 20.3 Å². The molecule has 1 fully saturated rings. The van der Waals surface area contributed by atoms with E-state index in [-0.39, 0.29) is 10.7 Å². The fraction of sp³-hybridized carbons (Fsp3) is 0.588. The lowest BCUT2D eigenvalue weighted by molar-refractivity contribution is 0.0640. The van der Waals surface area contributed by atoms with Crippen molar-refractivity contribution >= 4 is 33.6 Å². The van der Waals surface area contributed by atoms with Crippen molar-refractivity contribution in [2.75, 3.05) is 12.3 Å². The van der Waals surface area contributed by atoms with Crippen LogP contribution in [0.15, 0.2) is 28.7 Å². The molecule has 1 heterocycles. The molecule has 0 saturated carbocycles. The number of carbonyl (C=O) groups is 1. The van der Waals surface area contributed by atoms with Crippen molar-refractivity contribution in [2.24, 2.45) is 0 Å². The first kappa shape index (κ1) is 16.9. The maximum atomic E-state index is 12.8. The summed E-state index contributed by atoms with van der Waals surface area (Å²) >= 11 is 5.41. The van der Waals surface area contributed by atoms with Gasteiger partial charge in [0.25, 0.3) is 5.91 Å². The Morgan fingerprint density at radius 1 is 1.38 bits per heavy atom. The molecule has 1 atom stereocenters. The molecule has 1 aliphatic rings. The first-order valence-electron chi connectivity index (χ1n) is 7.57. The molecule has 1 aromatic rings. The summed E-state index contributed by atoms with van der Waals surface area (Å²) in [5.74, 6) is 1.21. The fourth-order valence-electron chi connectivity index (χ4n) is 2.57. The third kappa shape index (κ3) is 5.03. The lowest BCUT2D eigenvalue weighted by Crippen LogP contribution is -2.45. The van der Waals surface area contributed by atoms with Crippen molar-refractivity contribution < 1.29 is 4.79 Å². The minimum atomic E-state index is 0.176. The molecule has 1 amide bonds. The van der Waals surface area contributed by atoms with Crippen LogP contribution in [0.5, 0.6) is 0 Å². The Morgan fingerprint density at radius 3 is 2.81 bits per heavy atom. The molecule has 4 heteroatoms. The van der Waals surface area contributed by atoms with Gasteiger partial charge in [0.1, 0.15) is 0 Å². The van der Waals surface area contributed by atoms with Crippen molar-refractivity contribution in [1.82, 2.24) is 4.90 Å². The van der Waals surface area contributed by atoms with Crippen molar-refractivity contribution in [3.8, 4) is 0 Å². The van der Waals surface area contributed by atoms with Gasteiger partial charge in [0.15, 0.2) is 0 Å². The quantitative estimate of drug-likeness (QED) is 0.748. The highest BCUT2D eigenvalue weighted by Gasteiger charge is 2.28. The van der Waals surface area contributed by atoms with Gasteiger partial charge in [0.05, 0.1) is 0 Å². The maximum absolute atomic E-state index is 12.8. The van der Waals surface area contributed by atoms with Crippen LogP contribution in [0.25, 0.3) is 0 Å².